The van der Waals surface area contributed by atoms with Crippen LogP contribution in [0, 0.1) is 5.95 Å². The second-order valence-corrected chi connectivity index (χ2v) is 8.68. The number of fused-ring (bicyclic) bond motifs is 4. The van der Waals surface area contributed by atoms with Crippen LogP contribution >= 0.6 is 0 Å². The van der Waals surface area contributed by atoms with Crippen molar-refractivity contribution in [3.05, 3.63) is 65.9 Å². The van der Waals surface area contributed by atoms with E-state index in [1.165, 1.54) is 12.4 Å². The first-order chi connectivity index (χ1) is 16.3. The fourth-order valence-electron chi connectivity index (χ4n) is 4.80. The van der Waals surface area contributed by atoms with E-state index < -0.39 is 24.0 Å². The van der Waals surface area contributed by atoms with Crippen LogP contribution in [-0.4, -0.2) is 48.0 Å². The number of amidine groups is 1. The van der Waals surface area contributed by atoms with Gasteiger partial charge in [0.1, 0.15) is 29.5 Å². The minimum atomic E-state index is -2.77. The lowest BCUT2D eigenvalue weighted by Crippen LogP contribution is -2.42. The summed E-state index contributed by atoms with van der Waals surface area (Å²) in [7, 11) is 0. The first-order valence-corrected chi connectivity index (χ1v) is 10.8. The summed E-state index contributed by atoms with van der Waals surface area (Å²) in [6, 6.07) is 10.3. The number of benzene rings is 1. The van der Waals surface area contributed by atoms with Gasteiger partial charge in [-0.25, -0.2) is 18.7 Å². The Morgan fingerprint density at radius 3 is 2.68 bits per heavy atom. The van der Waals surface area contributed by atoms with Crippen molar-refractivity contribution in [2.24, 2.45) is 10.7 Å². The number of anilines is 1. The molecule has 7 nitrogen and oxygen atoms in total. The zero-order valence-electron chi connectivity index (χ0n) is 18.0. The quantitative estimate of drug-likeness (QED) is 0.576. The van der Waals surface area contributed by atoms with Gasteiger partial charge in [-0.2, -0.15) is 4.39 Å². The van der Waals surface area contributed by atoms with Gasteiger partial charge in [0.05, 0.1) is 19.3 Å². The Morgan fingerprint density at radius 1 is 1.06 bits per heavy atom. The predicted octanol–water partition coefficient (Wildman–Crippen LogP) is 3.86. The van der Waals surface area contributed by atoms with Gasteiger partial charge >= 0.3 is 0 Å². The Bertz CT molecular complexity index is 1330. The highest BCUT2D eigenvalue weighted by atomic mass is 19.3. The number of aliphatic imine (C=N–C) groups is 1. The SMILES string of the molecule is NC1=N[C@@]2(COC1)c1cc(-c3cccnc3F)ccc1Oc1cnc(N3CCC(F)(F)C3)cc12. The average molecular weight is 467 g/mol. The van der Waals surface area contributed by atoms with Gasteiger partial charge in [0.15, 0.2) is 5.75 Å². The van der Waals surface area contributed by atoms with Crippen LogP contribution in [0.25, 0.3) is 11.1 Å². The van der Waals surface area contributed by atoms with Gasteiger partial charge < -0.3 is 20.1 Å². The number of ether oxygens (including phenoxy) is 2. The summed E-state index contributed by atoms with van der Waals surface area (Å²) in [4.78, 5) is 14.5. The smallest absolute Gasteiger partial charge is 0.266 e. The molecule has 2 N–H and O–H groups in total. The van der Waals surface area contributed by atoms with E-state index in [1.54, 1.807) is 41.3 Å². The first kappa shape index (κ1) is 20.9. The number of alkyl halides is 2. The van der Waals surface area contributed by atoms with Crippen molar-refractivity contribution in [3.63, 3.8) is 0 Å². The summed E-state index contributed by atoms with van der Waals surface area (Å²) in [6.07, 6.45) is 2.67. The molecule has 0 aliphatic carbocycles. The minimum absolute atomic E-state index is 0.148. The summed E-state index contributed by atoms with van der Waals surface area (Å²) in [5.41, 5.74) is 7.17. The Labute approximate surface area is 193 Å². The Kier molecular flexibility index (Phi) is 4.57. The topological polar surface area (TPSA) is 85.9 Å². The molecule has 0 amide bonds. The lowest BCUT2D eigenvalue weighted by molar-refractivity contribution is 0.0256. The molecule has 0 bridgehead atoms. The number of nitrogens with zero attached hydrogens (tertiary/aromatic N) is 4. The second kappa shape index (κ2) is 7.42. The van der Waals surface area contributed by atoms with Crippen LogP contribution in [0.5, 0.6) is 11.5 Å². The highest BCUT2D eigenvalue weighted by molar-refractivity contribution is 5.84. The Hall–Kier alpha value is -3.66. The zero-order chi connectivity index (χ0) is 23.5. The molecule has 1 fully saturated rings. The van der Waals surface area contributed by atoms with Gasteiger partial charge in [-0.05, 0) is 35.9 Å². The third kappa shape index (κ3) is 3.28. The van der Waals surface area contributed by atoms with E-state index in [0.29, 0.717) is 39.6 Å². The predicted molar refractivity (Wildman–Crippen MR) is 119 cm³/mol. The fourth-order valence-corrected chi connectivity index (χ4v) is 4.80. The number of hydrogen-bond donors (Lipinski definition) is 1. The van der Waals surface area contributed by atoms with Gasteiger partial charge in [0.2, 0.25) is 5.95 Å². The normalized spacial score (nSPS) is 22.7. The molecule has 1 saturated heterocycles. The average Bonchev–Trinajstić information content (AvgIpc) is 3.19. The molecule has 0 unspecified atom stereocenters. The number of rotatable bonds is 2. The van der Waals surface area contributed by atoms with Crippen molar-refractivity contribution in [3.8, 4) is 22.6 Å². The Morgan fingerprint density at radius 2 is 1.91 bits per heavy atom. The number of hydrogen-bond acceptors (Lipinski definition) is 7. The van der Waals surface area contributed by atoms with Crippen molar-refractivity contribution in [1.82, 2.24) is 9.97 Å². The van der Waals surface area contributed by atoms with Crippen LogP contribution in [0.2, 0.25) is 0 Å². The molecule has 1 spiro atoms. The van der Waals surface area contributed by atoms with E-state index in [9.17, 15) is 13.2 Å². The summed E-state index contributed by atoms with van der Waals surface area (Å²) in [5.74, 6) is -1.74. The molecule has 3 aromatic rings. The number of aromatic nitrogens is 2. The molecular weight excluding hydrogens is 447 g/mol. The summed E-state index contributed by atoms with van der Waals surface area (Å²) in [6.45, 7) is 0.0985. The van der Waals surface area contributed by atoms with Gasteiger partial charge in [-0.3, -0.25) is 4.99 Å². The van der Waals surface area contributed by atoms with Crippen LogP contribution in [-0.2, 0) is 10.3 Å². The largest absolute Gasteiger partial charge is 0.455 e. The first-order valence-electron chi connectivity index (χ1n) is 10.8. The van der Waals surface area contributed by atoms with Crippen LogP contribution in [0.4, 0.5) is 19.0 Å². The van der Waals surface area contributed by atoms with Crippen molar-refractivity contribution >= 4 is 11.7 Å². The molecule has 6 rings (SSSR count). The lowest BCUT2D eigenvalue weighted by Gasteiger charge is -2.39. The fraction of sp³-hybridized carbons (Fsp3) is 0.292. The molecule has 34 heavy (non-hydrogen) atoms. The van der Waals surface area contributed by atoms with Crippen molar-refractivity contribution in [1.29, 1.82) is 0 Å². The molecule has 3 aliphatic rings. The molecule has 1 atom stereocenters. The maximum Gasteiger partial charge on any atom is 0.266 e. The van der Waals surface area contributed by atoms with Crippen LogP contribution in [0.15, 0.2) is 53.8 Å². The molecule has 10 heteroatoms. The number of halogens is 3. The van der Waals surface area contributed by atoms with E-state index in [1.807, 2.05) is 0 Å². The van der Waals surface area contributed by atoms with E-state index in [2.05, 4.69) is 9.97 Å². The van der Waals surface area contributed by atoms with Crippen molar-refractivity contribution in [2.75, 3.05) is 31.2 Å². The third-order valence-electron chi connectivity index (χ3n) is 6.40. The highest BCUT2D eigenvalue weighted by Gasteiger charge is 2.46. The third-order valence-corrected chi connectivity index (χ3v) is 6.40. The molecule has 5 heterocycles. The van der Waals surface area contributed by atoms with Gasteiger partial charge in [0, 0.05) is 35.9 Å². The molecule has 0 radical (unpaired) electrons. The molecule has 1 aromatic carbocycles. The minimum Gasteiger partial charge on any atom is -0.455 e. The standard InChI is InChI=1S/C24H20F3N5O2/c25-22-15(2-1-6-29-22)14-3-4-18-16(8-14)24(13-33-11-20(28)31-24)17-9-21(30-10-19(17)34-18)32-7-5-23(26,27)12-32/h1-4,6,8-10H,5,7,11-13H2,(H2,28,31)/t24-/m0/s1. The second-order valence-electron chi connectivity index (χ2n) is 8.68. The van der Waals surface area contributed by atoms with Gasteiger partial charge in [-0.15, -0.1) is 0 Å². The monoisotopic (exact) mass is 467 g/mol. The number of nitrogens with two attached hydrogens (primary N) is 1. The van der Waals surface area contributed by atoms with Gasteiger partial charge in [-0.1, -0.05) is 6.07 Å². The summed E-state index contributed by atoms with van der Waals surface area (Å²) >= 11 is 0. The Balaban J connectivity index is 1.52. The maximum atomic E-state index is 14.4. The van der Waals surface area contributed by atoms with E-state index in [0.717, 1.165) is 0 Å². The lowest BCUT2D eigenvalue weighted by atomic mass is 9.80. The maximum absolute atomic E-state index is 14.4. The highest BCUT2D eigenvalue weighted by Crippen LogP contribution is 2.51. The molecule has 174 valence electrons. The van der Waals surface area contributed by atoms with E-state index >= 15 is 0 Å². The molecule has 0 saturated carbocycles. The molecule has 3 aliphatic heterocycles. The van der Waals surface area contributed by atoms with Crippen LogP contribution in [0.1, 0.15) is 17.5 Å². The summed E-state index contributed by atoms with van der Waals surface area (Å²) < 4.78 is 54.1. The van der Waals surface area contributed by atoms with Gasteiger partial charge in [0.25, 0.3) is 5.92 Å². The number of pyridine rings is 2. The van der Waals surface area contributed by atoms with Crippen LogP contribution in [0.3, 0.4) is 0 Å². The zero-order valence-corrected chi connectivity index (χ0v) is 18.0. The summed E-state index contributed by atoms with van der Waals surface area (Å²) in [5, 5.41) is 0. The van der Waals surface area contributed by atoms with Crippen molar-refractivity contribution in [2.45, 2.75) is 17.9 Å². The molecule has 2 aromatic heterocycles. The van der Waals surface area contributed by atoms with E-state index in [-0.39, 0.29) is 32.0 Å². The van der Waals surface area contributed by atoms with Crippen molar-refractivity contribution < 1.29 is 22.6 Å². The molecular formula is C24H20F3N5O2. The van der Waals surface area contributed by atoms with Crippen LogP contribution < -0.4 is 15.4 Å². The van der Waals surface area contributed by atoms with E-state index in [4.69, 9.17) is 20.2 Å².